The van der Waals surface area contributed by atoms with Crippen LogP contribution in [0.3, 0.4) is 0 Å². The molecule has 1 saturated heterocycles. The second kappa shape index (κ2) is 54.9. The molecule has 0 spiro atoms. The molecule has 1 amide bonds. The van der Waals surface area contributed by atoms with Gasteiger partial charge >= 0.3 is 0 Å². The lowest BCUT2D eigenvalue weighted by atomic mass is 9.99. The van der Waals surface area contributed by atoms with Gasteiger partial charge in [0.1, 0.15) is 24.4 Å². The molecule has 1 aliphatic heterocycles. The van der Waals surface area contributed by atoms with E-state index in [2.05, 4.69) is 129 Å². The molecule has 0 bridgehead atoms. The number of nitrogens with one attached hydrogen (secondary N) is 1. The van der Waals surface area contributed by atoms with Crippen molar-refractivity contribution < 1.29 is 39.8 Å². The Morgan fingerprint density at radius 3 is 1.21 bits per heavy atom. The Hall–Kier alpha value is -3.41. The van der Waals surface area contributed by atoms with Gasteiger partial charge in [-0.1, -0.05) is 264 Å². The molecule has 1 aliphatic rings. The van der Waals surface area contributed by atoms with E-state index in [1.54, 1.807) is 6.08 Å². The summed E-state index contributed by atoms with van der Waals surface area (Å²) in [5.74, 6) is -0.185. The Morgan fingerprint density at radius 1 is 0.461 bits per heavy atom. The van der Waals surface area contributed by atoms with Crippen molar-refractivity contribution in [3.05, 3.63) is 122 Å². The van der Waals surface area contributed by atoms with Crippen molar-refractivity contribution in [1.82, 2.24) is 5.32 Å². The summed E-state index contributed by atoms with van der Waals surface area (Å²) >= 11 is 0. The minimum absolute atomic E-state index is 0.185. The van der Waals surface area contributed by atoms with Gasteiger partial charge in [0.15, 0.2) is 6.29 Å². The van der Waals surface area contributed by atoms with E-state index in [0.717, 1.165) is 103 Å². The molecule has 9 nitrogen and oxygen atoms in total. The Bertz CT molecular complexity index is 1610. The Kier molecular flexibility index (Phi) is 51.0. The summed E-state index contributed by atoms with van der Waals surface area (Å²) in [7, 11) is 0. The predicted molar refractivity (Wildman–Crippen MR) is 322 cm³/mol. The van der Waals surface area contributed by atoms with Crippen LogP contribution in [-0.4, -0.2) is 87.5 Å². The number of amides is 1. The van der Waals surface area contributed by atoms with Crippen molar-refractivity contribution in [2.75, 3.05) is 13.2 Å². The minimum Gasteiger partial charge on any atom is -0.394 e. The average molecular weight is 1060 g/mol. The molecule has 1 rings (SSSR count). The maximum absolute atomic E-state index is 13.1. The Balaban J connectivity index is 2.14. The van der Waals surface area contributed by atoms with Gasteiger partial charge < -0.3 is 40.3 Å². The molecule has 9 heteroatoms. The van der Waals surface area contributed by atoms with Crippen molar-refractivity contribution in [3.63, 3.8) is 0 Å². The third kappa shape index (κ3) is 43.6. The zero-order chi connectivity index (χ0) is 55.0. The molecule has 7 atom stereocenters. The van der Waals surface area contributed by atoms with Crippen molar-refractivity contribution in [2.24, 2.45) is 0 Å². The van der Waals surface area contributed by atoms with E-state index >= 15 is 0 Å². The Labute approximate surface area is 465 Å². The maximum atomic E-state index is 13.1. The van der Waals surface area contributed by atoms with Gasteiger partial charge in [-0.25, -0.2) is 0 Å². The summed E-state index contributed by atoms with van der Waals surface area (Å²) < 4.78 is 11.3. The molecule has 0 radical (unpaired) electrons. The van der Waals surface area contributed by atoms with Gasteiger partial charge in [-0.3, -0.25) is 4.79 Å². The zero-order valence-electron chi connectivity index (χ0n) is 48.2. The highest BCUT2D eigenvalue weighted by molar-refractivity contribution is 5.76. The van der Waals surface area contributed by atoms with Gasteiger partial charge in [0.05, 0.1) is 25.4 Å². The fourth-order valence-electron chi connectivity index (χ4n) is 8.97. The van der Waals surface area contributed by atoms with E-state index in [1.807, 2.05) is 6.08 Å². The first kappa shape index (κ1) is 70.6. The summed E-state index contributed by atoms with van der Waals surface area (Å²) in [6.45, 7) is 3.65. The summed E-state index contributed by atoms with van der Waals surface area (Å²) in [5.41, 5.74) is 0. The summed E-state index contributed by atoms with van der Waals surface area (Å²) in [6.07, 6.45) is 75.6. The van der Waals surface area contributed by atoms with Crippen LogP contribution in [-0.2, 0) is 14.3 Å². The smallest absolute Gasteiger partial charge is 0.220 e. The lowest BCUT2D eigenvalue weighted by Gasteiger charge is -2.40. The van der Waals surface area contributed by atoms with Crippen LogP contribution < -0.4 is 5.32 Å². The quantitative estimate of drug-likeness (QED) is 0.0261. The summed E-state index contributed by atoms with van der Waals surface area (Å²) in [4.78, 5) is 13.1. The number of rotatable bonds is 51. The third-order valence-corrected chi connectivity index (χ3v) is 13.8. The molecule has 0 saturated carbocycles. The lowest BCUT2D eigenvalue weighted by molar-refractivity contribution is -0.302. The van der Waals surface area contributed by atoms with Gasteiger partial charge in [-0.15, -0.1) is 0 Å². The molecule has 76 heavy (non-hydrogen) atoms. The van der Waals surface area contributed by atoms with Crippen LogP contribution in [0.1, 0.15) is 239 Å². The summed E-state index contributed by atoms with van der Waals surface area (Å²) in [6, 6.07) is -0.813. The van der Waals surface area contributed by atoms with E-state index < -0.39 is 49.5 Å². The van der Waals surface area contributed by atoms with Crippen molar-refractivity contribution >= 4 is 5.91 Å². The van der Waals surface area contributed by atoms with Crippen LogP contribution in [0.25, 0.3) is 0 Å². The van der Waals surface area contributed by atoms with Crippen LogP contribution in [0.15, 0.2) is 122 Å². The molecule has 1 fully saturated rings. The normalized spacial score (nSPS) is 19.7. The second-order valence-corrected chi connectivity index (χ2v) is 20.8. The average Bonchev–Trinajstić information content (AvgIpc) is 3.42. The van der Waals surface area contributed by atoms with E-state index in [1.165, 1.54) is 116 Å². The molecule has 0 aromatic rings. The SMILES string of the molecule is CC/C=C\C/C=C\C/C=C\C/C=C\C/C=C\C/C=C\C/C=C\C/C=C\C/C=C\CCCCCCCCCCCCCC(=O)NC(COC1OC(CO)C(O)C(O)C1O)C(O)/C=C/CCCCCCCCCCCCCC. The van der Waals surface area contributed by atoms with Gasteiger partial charge in [0, 0.05) is 6.42 Å². The number of aliphatic hydroxyl groups is 5. The molecular weight excluding hydrogens is 947 g/mol. The summed E-state index contributed by atoms with van der Waals surface area (Å²) in [5, 5.41) is 54.5. The fraction of sp³-hybridized carbons (Fsp3) is 0.687. The van der Waals surface area contributed by atoms with Gasteiger partial charge in [0.2, 0.25) is 5.91 Å². The van der Waals surface area contributed by atoms with E-state index in [0.29, 0.717) is 6.42 Å². The van der Waals surface area contributed by atoms with Crippen molar-refractivity contribution in [3.8, 4) is 0 Å². The highest BCUT2D eigenvalue weighted by Gasteiger charge is 2.44. The number of hydrogen-bond donors (Lipinski definition) is 6. The minimum atomic E-state index is -1.57. The number of carbonyl (C=O) groups excluding carboxylic acids is 1. The monoisotopic (exact) mass is 1060 g/mol. The molecule has 0 aromatic heterocycles. The van der Waals surface area contributed by atoms with Gasteiger partial charge in [-0.05, 0) is 89.9 Å². The van der Waals surface area contributed by atoms with E-state index in [-0.39, 0.29) is 12.5 Å². The Morgan fingerprint density at radius 2 is 0.816 bits per heavy atom. The number of carbonyl (C=O) groups is 1. The predicted octanol–water partition coefficient (Wildman–Crippen LogP) is 15.9. The molecule has 7 unspecified atom stereocenters. The molecule has 6 N–H and O–H groups in total. The van der Waals surface area contributed by atoms with Crippen molar-refractivity contribution in [2.45, 2.75) is 281 Å². The number of unbranched alkanes of at least 4 members (excludes halogenated alkanes) is 23. The van der Waals surface area contributed by atoms with Crippen LogP contribution in [0.4, 0.5) is 0 Å². The van der Waals surface area contributed by atoms with E-state index in [9.17, 15) is 30.3 Å². The first-order chi connectivity index (χ1) is 37.3. The molecule has 1 heterocycles. The van der Waals surface area contributed by atoms with E-state index in [4.69, 9.17) is 9.47 Å². The first-order valence-electron chi connectivity index (χ1n) is 30.8. The number of allylic oxidation sites excluding steroid dienone is 19. The number of aliphatic hydroxyl groups excluding tert-OH is 5. The van der Waals surface area contributed by atoms with Crippen LogP contribution in [0, 0.1) is 0 Å². The molecule has 0 aliphatic carbocycles. The van der Waals surface area contributed by atoms with Crippen molar-refractivity contribution in [1.29, 1.82) is 0 Å². The second-order valence-electron chi connectivity index (χ2n) is 20.8. The van der Waals surface area contributed by atoms with Gasteiger partial charge in [-0.2, -0.15) is 0 Å². The highest BCUT2D eigenvalue weighted by Crippen LogP contribution is 2.23. The number of ether oxygens (including phenoxy) is 2. The first-order valence-corrected chi connectivity index (χ1v) is 30.8. The van der Waals surface area contributed by atoms with Gasteiger partial charge in [0.25, 0.3) is 0 Å². The van der Waals surface area contributed by atoms with Crippen LogP contribution in [0.2, 0.25) is 0 Å². The van der Waals surface area contributed by atoms with Crippen LogP contribution >= 0.6 is 0 Å². The largest absolute Gasteiger partial charge is 0.394 e. The van der Waals surface area contributed by atoms with Crippen LogP contribution in [0.5, 0.6) is 0 Å². The zero-order valence-corrected chi connectivity index (χ0v) is 48.2. The fourth-order valence-corrected chi connectivity index (χ4v) is 8.97. The lowest BCUT2D eigenvalue weighted by Crippen LogP contribution is -2.60. The highest BCUT2D eigenvalue weighted by atomic mass is 16.7. The molecular formula is C67H113NO8. The topological polar surface area (TPSA) is 149 Å². The number of hydrogen-bond acceptors (Lipinski definition) is 8. The maximum Gasteiger partial charge on any atom is 0.220 e. The third-order valence-electron chi connectivity index (χ3n) is 13.8. The standard InChI is InChI=1S/C67H113NO8/c1-3-5-7-9-11-13-15-17-19-20-21-22-23-24-25-26-27-28-29-30-31-32-33-34-35-36-37-38-39-40-41-42-43-45-47-49-51-53-55-57-63(71)68-60(59-75-67-66(74)65(73)64(72)62(58-69)76-67)61(70)56-54-52-50-48-46-44-18-16-14-12-10-8-6-4-2/h5,7,11,13,17,19,21-22,24-25,27-28,30-31,33-34,36-37,54,56,60-62,64-67,69-70,72-74H,3-4,6,8-10,12,14-16,18,20,23,26,29,32,35,38-53,55,57-59H2,1-2H3,(H,68,71)/b7-5-,13-11-,19-17-,22-21-,25-24-,28-27-,31-30-,34-33-,37-36-,56-54+. The molecule has 434 valence electrons. The molecule has 0 aromatic carbocycles.